The van der Waals surface area contributed by atoms with E-state index < -0.39 is 11.6 Å². The molecule has 1 unspecified atom stereocenters. The third-order valence-corrected chi connectivity index (χ3v) is 7.26. The number of hydrogen-bond acceptors (Lipinski definition) is 5. The van der Waals surface area contributed by atoms with E-state index in [0.717, 1.165) is 34.1 Å². The summed E-state index contributed by atoms with van der Waals surface area (Å²) in [6.45, 7) is 3.07. The maximum Gasteiger partial charge on any atom is 0.325 e. The maximum atomic E-state index is 13.3. The first-order valence-electron chi connectivity index (χ1n) is 13.0. The number of nitrogens with one attached hydrogen (secondary N) is 3. The zero-order valence-electron chi connectivity index (χ0n) is 22.4. The van der Waals surface area contributed by atoms with Gasteiger partial charge in [-0.25, -0.2) is 4.79 Å². The number of rotatable bonds is 10. The van der Waals surface area contributed by atoms with Crippen LogP contribution >= 0.6 is 0 Å². The Morgan fingerprint density at radius 2 is 1.85 bits per heavy atom. The lowest BCUT2D eigenvalue weighted by molar-refractivity contribution is -0.131. The van der Waals surface area contributed by atoms with E-state index in [1.807, 2.05) is 62.6 Å². The van der Waals surface area contributed by atoms with Crippen LogP contribution in [0.2, 0.25) is 0 Å². The van der Waals surface area contributed by atoms with Crippen molar-refractivity contribution in [3.05, 3.63) is 95.1 Å². The second kappa shape index (κ2) is 10.8. The minimum Gasteiger partial charge on any atom is -0.467 e. The Kier molecular flexibility index (Phi) is 7.26. The Labute approximate surface area is 227 Å². The third-order valence-electron chi connectivity index (χ3n) is 7.26. The largest absolute Gasteiger partial charge is 0.467 e. The van der Waals surface area contributed by atoms with Gasteiger partial charge in [0.25, 0.3) is 11.8 Å². The number of benzene rings is 2. The van der Waals surface area contributed by atoms with Gasteiger partial charge >= 0.3 is 6.03 Å². The van der Waals surface area contributed by atoms with E-state index >= 15 is 0 Å². The summed E-state index contributed by atoms with van der Waals surface area (Å²) < 4.78 is 5.34. The molecule has 2 aromatic heterocycles. The van der Waals surface area contributed by atoms with Gasteiger partial charge in [0.15, 0.2) is 0 Å². The number of fused-ring (bicyclic) bond motifs is 1. The number of H-pyrrole nitrogens is 1. The molecule has 0 saturated carbocycles. The van der Waals surface area contributed by atoms with Crippen LogP contribution in [0.4, 0.5) is 4.79 Å². The molecule has 2 aromatic carbocycles. The highest BCUT2D eigenvalue weighted by molar-refractivity contribution is 6.07. The summed E-state index contributed by atoms with van der Waals surface area (Å²) in [6.07, 6.45) is 2.76. The van der Waals surface area contributed by atoms with Crippen LogP contribution in [0.3, 0.4) is 0 Å². The molecule has 5 rings (SSSR count). The topological polar surface area (TPSA) is 111 Å². The Balaban J connectivity index is 1.35. The van der Waals surface area contributed by atoms with Gasteiger partial charge in [0.05, 0.1) is 12.8 Å². The minimum atomic E-state index is -1.08. The molecule has 3 N–H and O–H groups in total. The fourth-order valence-electron chi connectivity index (χ4n) is 5.02. The fourth-order valence-corrected chi connectivity index (χ4v) is 5.02. The van der Waals surface area contributed by atoms with Crippen molar-refractivity contribution in [2.45, 2.75) is 31.8 Å². The average molecular weight is 528 g/mol. The van der Waals surface area contributed by atoms with E-state index in [1.54, 1.807) is 19.3 Å². The van der Waals surface area contributed by atoms with E-state index in [9.17, 15) is 14.4 Å². The number of hydrogen-bond donors (Lipinski definition) is 3. The van der Waals surface area contributed by atoms with Crippen molar-refractivity contribution >= 4 is 28.7 Å². The molecule has 1 atom stereocenters. The second-order valence-electron chi connectivity index (χ2n) is 10.3. The molecule has 0 spiro atoms. The molecular weight excluding hydrogens is 494 g/mol. The fraction of sp³-hybridized carbons (Fsp3) is 0.300. The first-order valence-corrected chi connectivity index (χ1v) is 13.0. The molecule has 3 heterocycles. The molecule has 1 saturated heterocycles. The summed E-state index contributed by atoms with van der Waals surface area (Å²) in [6, 6.07) is 18.5. The number of urea groups is 1. The molecule has 4 amide bonds. The molecule has 1 aliphatic rings. The van der Waals surface area contributed by atoms with Gasteiger partial charge in [-0.1, -0.05) is 36.4 Å². The van der Waals surface area contributed by atoms with Crippen molar-refractivity contribution in [3.8, 4) is 0 Å². The average Bonchev–Trinajstić information content (AvgIpc) is 3.63. The highest BCUT2D eigenvalue weighted by atomic mass is 16.3. The molecule has 0 bridgehead atoms. The van der Waals surface area contributed by atoms with Crippen molar-refractivity contribution < 1.29 is 18.8 Å². The van der Waals surface area contributed by atoms with E-state index in [4.69, 9.17) is 4.42 Å². The predicted molar refractivity (Wildman–Crippen MR) is 148 cm³/mol. The van der Waals surface area contributed by atoms with Crippen LogP contribution in [0.15, 0.2) is 71.3 Å². The smallest absolute Gasteiger partial charge is 0.325 e. The Bertz CT molecular complexity index is 1490. The number of carbonyl (C=O) groups excluding carboxylic acids is 3. The Hall–Kier alpha value is -4.37. The van der Waals surface area contributed by atoms with E-state index in [-0.39, 0.29) is 18.4 Å². The maximum absolute atomic E-state index is 13.3. The lowest BCUT2D eigenvalue weighted by atomic mass is 9.92. The van der Waals surface area contributed by atoms with Gasteiger partial charge in [0.1, 0.15) is 17.0 Å². The van der Waals surface area contributed by atoms with Gasteiger partial charge < -0.3 is 24.9 Å². The van der Waals surface area contributed by atoms with E-state index in [1.165, 1.54) is 4.90 Å². The highest BCUT2D eigenvalue weighted by Crippen LogP contribution is 2.29. The molecule has 1 fully saturated rings. The predicted octanol–water partition coefficient (Wildman–Crippen LogP) is 3.80. The molecule has 9 nitrogen and oxygen atoms in total. The second-order valence-corrected chi connectivity index (χ2v) is 10.3. The first kappa shape index (κ1) is 26.2. The van der Waals surface area contributed by atoms with Crippen LogP contribution in [0.5, 0.6) is 0 Å². The lowest BCUT2D eigenvalue weighted by Gasteiger charge is -2.22. The lowest BCUT2D eigenvalue weighted by Crippen LogP contribution is -2.41. The number of aromatic nitrogens is 1. The molecule has 202 valence electrons. The summed E-state index contributed by atoms with van der Waals surface area (Å²) in [5, 5.41) is 6.76. The van der Waals surface area contributed by atoms with Crippen molar-refractivity contribution in [1.82, 2.24) is 25.4 Å². The number of furan rings is 1. The molecule has 1 aliphatic heterocycles. The van der Waals surface area contributed by atoms with Crippen LogP contribution in [0.25, 0.3) is 10.9 Å². The van der Waals surface area contributed by atoms with E-state index in [0.29, 0.717) is 30.8 Å². The van der Waals surface area contributed by atoms with Crippen molar-refractivity contribution in [2.24, 2.45) is 0 Å². The summed E-state index contributed by atoms with van der Waals surface area (Å²) >= 11 is 0. The number of likely N-dealkylation sites (N-methyl/N-ethyl adjacent to an activating group) is 1. The Morgan fingerprint density at radius 1 is 1.05 bits per heavy atom. The zero-order chi connectivity index (χ0) is 27.6. The normalized spacial score (nSPS) is 17.3. The molecule has 9 heteroatoms. The van der Waals surface area contributed by atoms with Crippen molar-refractivity contribution in [2.75, 3.05) is 27.2 Å². The quantitative estimate of drug-likeness (QED) is 0.272. The van der Waals surface area contributed by atoms with Crippen LogP contribution in [-0.2, 0) is 29.7 Å². The highest BCUT2D eigenvalue weighted by Gasteiger charge is 2.48. The summed E-state index contributed by atoms with van der Waals surface area (Å²) in [4.78, 5) is 45.8. The van der Waals surface area contributed by atoms with Crippen LogP contribution in [-0.4, -0.2) is 59.8 Å². The minimum absolute atomic E-state index is 0.197. The van der Waals surface area contributed by atoms with Gasteiger partial charge in [0.2, 0.25) is 0 Å². The molecule has 4 aromatic rings. The SMILES string of the molecule is CN(C)CCc1c(C(=O)NCc2ccco2)[nH]c2ccc(CCN3C(=O)NC(C)(c4ccccc4)C3=O)cc12. The van der Waals surface area contributed by atoms with Gasteiger partial charge in [-0.15, -0.1) is 0 Å². The van der Waals surface area contributed by atoms with Crippen LogP contribution < -0.4 is 10.6 Å². The number of nitrogens with zero attached hydrogens (tertiary/aromatic N) is 2. The molecular formula is C30H33N5O4. The number of amides is 4. The molecule has 0 aliphatic carbocycles. The van der Waals surface area contributed by atoms with Crippen LogP contribution in [0.1, 0.15) is 39.9 Å². The summed E-state index contributed by atoms with van der Waals surface area (Å²) in [5.74, 6) is 0.224. The monoisotopic (exact) mass is 527 g/mol. The summed E-state index contributed by atoms with van der Waals surface area (Å²) in [7, 11) is 4.00. The Morgan fingerprint density at radius 3 is 2.56 bits per heavy atom. The molecule has 0 radical (unpaired) electrons. The number of imide groups is 1. The van der Waals surface area contributed by atoms with Gasteiger partial charge in [-0.3, -0.25) is 14.5 Å². The number of carbonyl (C=O) groups is 3. The third kappa shape index (κ3) is 5.31. The van der Waals surface area contributed by atoms with Crippen molar-refractivity contribution in [1.29, 1.82) is 0 Å². The van der Waals surface area contributed by atoms with Crippen molar-refractivity contribution in [3.63, 3.8) is 0 Å². The van der Waals surface area contributed by atoms with Crippen LogP contribution in [0, 0.1) is 0 Å². The number of aromatic amines is 1. The van der Waals surface area contributed by atoms with Gasteiger partial charge in [0, 0.05) is 24.0 Å². The standard InChI is InChI=1S/C30H33N5O4/c1-30(21-8-5-4-6-9-21)28(37)35(29(38)33-30)16-13-20-11-12-25-24(18-20)23(14-15-34(2)3)26(32-25)27(36)31-19-22-10-7-17-39-22/h4-12,17-18,32H,13-16,19H2,1-3H3,(H,31,36)(H,33,38). The zero-order valence-corrected chi connectivity index (χ0v) is 22.4. The van der Waals surface area contributed by atoms with E-state index in [2.05, 4.69) is 26.6 Å². The van der Waals surface area contributed by atoms with Gasteiger partial charge in [-0.05, 0) is 74.8 Å². The summed E-state index contributed by atoms with van der Waals surface area (Å²) in [5.41, 5.74) is 2.97. The first-order chi connectivity index (χ1) is 18.8. The van der Waals surface area contributed by atoms with Gasteiger partial charge in [-0.2, -0.15) is 0 Å². The molecule has 39 heavy (non-hydrogen) atoms.